The molecule has 14 heavy (non-hydrogen) atoms. The first-order valence-electron chi connectivity index (χ1n) is 4.99. The molecule has 0 bridgehead atoms. The zero-order valence-electron chi connectivity index (χ0n) is 8.66. The van der Waals surface area contributed by atoms with E-state index >= 15 is 0 Å². The Hall–Kier alpha value is -0.890. The number of rotatable bonds is 2. The van der Waals surface area contributed by atoms with E-state index in [0.717, 1.165) is 12.3 Å². The van der Waals surface area contributed by atoms with Crippen LogP contribution >= 0.6 is 11.9 Å². The van der Waals surface area contributed by atoms with Crippen molar-refractivity contribution >= 4 is 23.7 Å². The van der Waals surface area contributed by atoms with Crippen LogP contribution in [-0.2, 0) is 0 Å². The summed E-state index contributed by atoms with van der Waals surface area (Å²) in [5.74, 6) is 1.13. The third kappa shape index (κ3) is 1.80. The Morgan fingerprint density at radius 3 is 3.07 bits per heavy atom. The van der Waals surface area contributed by atoms with Crippen molar-refractivity contribution in [2.75, 3.05) is 16.6 Å². The fraction of sp³-hybridized carbons (Fsp3) is 0.333. The predicted molar refractivity (Wildman–Crippen MR) is 65.7 cm³/mol. The van der Waals surface area contributed by atoms with Gasteiger partial charge in [0.15, 0.2) is 0 Å². The lowest BCUT2D eigenvalue weighted by Gasteiger charge is -2.26. The molecule has 0 unspecified atom stereocenters. The van der Waals surface area contributed by atoms with Crippen LogP contribution in [0.4, 0.5) is 5.69 Å². The highest BCUT2D eigenvalue weighted by atomic mass is 32.2. The maximum atomic E-state index is 2.36. The van der Waals surface area contributed by atoms with Crippen LogP contribution in [0.2, 0.25) is 0 Å². The summed E-state index contributed by atoms with van der Waals surface area (Å²) in [5.41, 5.74) is 4.03. The second kappa shape index (κ2) is 4.09. The van der Waals surface area contributed by atoms with Gasteiger partial charge < -0.3 is 4.31 Å². The number of hydrogen-bond acceptors (Lipinski definition) is 2. The van der Waals surface area contributed by atoms with Gasteiger partial charge in [0.1, 0.15) is 0 Å². The molecule has 0 spiro atoms. The SMILES string of the molecule is CCSN1CC=Cc2cc(C)ccc21. The van der Waals surface area contributed by atoms with Gasteiger partial charge in [-0.15, -0.1) is 0 Å². The number of hydrogen-bond donors (Lipinski definition) is 0. The van der Waals surface area contributed by atoms with E-state index < -0.39 is 0 Å². The number of nitrogens with zero attached hydrogens (tertiary/aromatic N) is 1. The lowest BCUT2D eigenvalue weighted by molar-refractivity contribution is 1.18. The van der Waals surface area contributed by atoms with Crippen molar-refractivity contribution in [2.45, 2.75) is 13.8 Å². The highest BCUT2D eigenvalue weighted by Crippen LogP contribution is 2.31. The van der Waals surface area contributed by atoms with Crippen molar-refractivity contribution in [3.63, 3.8) is 0 Å². The topological polar surface area (TPSA) is 3.24 Å². The first-order valence-corrected chi connectivity index (χ1v) is 5.93. The molecule has 0 saturated heterocycles. The standard InChI is InChI=1S/C12H15NS/c1-3-14-13-8-4-5-11-9-10(2)6-7-12(11)13/h4-7,9H,3,8H2,1-2H3. The Morgan fingerprint density at radius 2 is 2.29 bits per heavy atom. The van der Waals surface area contributed by atoms with Gasteiger partial charge >= 0.3 is 0 Å². The Balaban J connectivity index is 2.36. The van der Waals surface area contributed by atoms with Crippen molar-refractivity contribution < 1.29 is 0 Å². The molecular formula is C12H15NS. The van der Waals surface area contributed by atoms with E-state index in [1.807, 2.05) is 11.9 Å². The van der Waals surface area contributed by atoms with E-state index in [4.69, 9.17) is 0 Å². The second-order valence-corrected chi connectivity index (χ2v) is 4.72. The molecule has 1 aromatic rings. The maximum Gasteiger partial charge on any atom is 0.0546 e. The van der Waals surface area contributed by atoms with E-state index in [2.05, 4.69) is 48.5 Å². The van der Waals surface area contributed by atoms with Crippen LogP contribution in [-0.4, -0.2) is 12.3 Å². The molecule has 74 valence electrons. The molecule has 0 saturated carbocycles. The fourth-order valence-corrected chi connectivity index (χ4v) is 2.49. The largest absolute Gasteiger partial charge is 0.312 e. The number of anilines is 1. The summed E-state index contributed by atoms with van der Waals surface area (Å²) in [6.45, 7) is 5.35. The van der Waals surface area contributed by atoms with Gasteiger partial charge in [0.05, 0.1) is 5.69 Å². The molecule has 2 rings (SSSR count). The summed E-state index contributed by atoms with van der Waals surface area (Å²) in [5, 5.41) is 0. The van der Waals surface area contributed by atoms with E-state index in [1.54, 1.807) is 0 Å². The molecule has 0 atom stereocenters. The Bertz CT molecular complexity index is 357. The molecule has 0 aliphatic carbocycles. The van der Waals surface area contributed by atoms with Gasteiger partial charge in [-0.25, -0.2) is 0 Å². The first kappa shape index (κ1) is 9.66. The zero-order valence-corrected chi connectivity index (χ0v) is 9.47. The molecule has 1 aliphatic heterocycles. The summed E-state index contributed by atoms with van der Waals surface area (Å²) >= 11 is 1.88. The first-order chi connectivity index (χ1) is 6.81. The molecule has 1 heterocycles. The highest BCUT2D eigenvalue weighted by Gasteiger charge is 2.12. The van der Waals surface area contributed by atoms with Crippen LogP contribution in [0.1, 0.15) is 18.1 Å². The van der Waals surface area contributed by atoms with Gasteiger partial charge in [0.2, 0.25) is 0 Å². The summed E-state index contributed by atoms with van der Waals surface area (Å²) in [4.78, 5) is 0. The monoisotopic (exact) mass is 205 g/mol. The van der Waals surface area contributed by atoms with Crippen LogP contribution in [0, 0.1) is 6.92 Å². The van der Waals surface area contributed by atoms with Gasteiger partial charge in [-0.05, 0) is 36.6 Å². The molecule has 0 amide bonds. The van der Waals surface area contributed by atoms with Gasteiger partial charge in [0, 0.05) is 12.3 Å². The Morgan fingerprint density at radius 1 is 1.43 bits per heavy atom. The van der Waals surface area contributed by atoms with E-state index in [9.17, 15) is 0 Å². The lowest BCUT2D eigenvalue weighted by Crippen LogP contribution is -2.18. The van der Waals surface area contributed by atoms with E-state index in [-0.39, 0.29) is 0 Å². The third-order valence-electron chi connectivity index (χ3n) is 2.31. The number of fused-ring (bicyclic) bond motifs is 1. The average molecular weight is 205 g/mol. The molecule has 0 N–H and O–H groups in total. The summed E-state index contributed by atoms with van der Waals surface area (Å²) < 4.78 is 2.36. The molecule has 1 aliphatic rings. The normalized spacial score (nSPS) is 14.3. The molecular weight excluding hydrogens is 190 g/mol. The smallest absolute Gasteiger partial charge is 0.0546 e. The molecule has 0 radical (unpaired) electrons. The van der Waals surface area contributed by atoms with Crippen LogP contribution in [0.5, 0.6) is 0 Å². The third-order valence-corrected chi connectivity index (χ3v) is 3.22. The van der Waals surface area contributed by atoms with Gasteiger partial charge in [-0.1, -0.05) is 30.7 Å². The minimum Gasteiger partial charge on any atom is -0.312 e. The molecule has 1 aromatic carbocycles. The average Bonchev–Trinajstić information content (AvgIpc) is 2.18. The minimum atomic E-state index is 1.02. The number of aryl methyl sites for hydroxylation is 1. The molecule has 0 fully saturated rings. The highest BCUT2D eigenvalue weighted by molar-refractivity contribution is 8.00. The Labute approximate surface area is 89.9 Å². The van der Waals surface area contributed by atoms with E-state index in [1.165, 1.54) is 16.8 Å². The van der Waals surface area contributed by atoms with Crippen LogP contribution in [0.3, 0.4) is 0 Å². The quantitative estimate of drug-likeness (QED) is 0.680. The van der Waals surface area contributed by atoms with Crippen molar-refractivity contribution in [1.29, 1.82) is 0 Å². The summed E-state index contributed by atoms with van der Waals surface area (Å²) in [6.07, 6.45) is 4.44. The second-order valence-electron chi connectivity index (χ2n) is 3.44. The van der Waals surface area contributed by atoms with Gasteiger partial charge in [-0.2, -0.15) is 0 Å². The predicted octanol–water partition coefficient (Wildman–Crippen LogP) is 3.50. The van der Waals surface area contributed by atoms with Crippen LogP contribution in [0.15, 0.2) is 24.3 Å². The van der Waals surface area contributed by atoms with Crippen LogP contribution in [0.25, 0.3) is 6.08 Å². The molecule has 1 nitrogen and oxygen atoms in total. The summed E-state index contributed by atoms with van der Waals surface area (Å²) in [6, 6.07) is 6.65. The Kier molecular flexibility index (Phi) is 2.82. The van der Waals surface area contributed by atoms with Gasteiger partial charge in [-0.3, -0.25) is 0 Å². The number of benzene rings is 1. The van der Waals surface area contributed by atoms with E-state index in [0.29, 0.717) is 0 Å². The maximum absolute atomic E-state index is 2.36. The summed E-state index contributed by atoms with van der Waals surface area (Å²) in [7, 11) is 0. The van der Waals surface area contributed by atoms with Crippen molar-refractivity contribution in [1.82, 2.24) is 0 Å². The lowest BCUT2D eigenvalue weighted by atomic mass is 10.1. The van der Waals surface area contributed by atoms with Crippen LogP contribution < -0.4 is 4.31 Å². The minimum absolute atomic E-state index is 1.02. The van der Waals surface area contributed by atoms with Crippen molar-refractivity contribution in [3.05, 3.63) is 35.4 Å². The molecule has 2 heteroatoms. The van der Waals surface area contributed by atoms with Crippen molar-refractivity contribution in [3.8, 4) is 0 Å². The zero-order chi connectivity index (χ0) is 9.97. The molecule has 0 aromatic heterocycles. The fourth-order valence-electron chi connectivity index (χ4n) is 1.69. The van der Waals surface area contributed by atoms with Crippen molar-refractivity contribution in [2.24, 2.45) is 0 Å². The van der Waals surface area contributed by atoms with Gasteiger partial charge in [0.25, 0.3) is 0 Å².